The Morgan fingerprint density at radius 1 is 1.16 bits per heavy atom. The molecular weight excluding hydrogens is 396 g/mol. The summed E-state index contributed by atoms with van der Waals surface area (Å²) in [6.07, 6.45) is -0.308. The first-order valence-electron chi connectivity index (χ1n) is 8.25. The second-order valence-corrected chi connectivity index (χ2v) is 6.44. The summed E-state index contributed by atoms with van der Waals surface area (Å²) in [7, 11) is 0. The zero-order valence-electron chi connectivity index (χ0n) is 14.2. The Morgan fingerprint density at radius 2 is 1.80 bits per heavy atom. The topological polar surface area (TPSA) is 15.3 Å². The molecule has 1 aliphatic rings. The number of halogens is 6. The number of hydrogen-bond donors (Lipinski definition) is 1. The van der Waals surface area contributed by atoms with Gasteiger partial charge in [0.1, 0.15) is 0 Å². The molecule has 1 N–H and O–H groups in total. The van der Waals surface area contributed by atoms with Gasteiger partial charge in [-0.1, -0.05) is 43.9 Å². The molecule has 2 nitrogen and oxygen atoms in total. The highest BCUT2D eigenvalue weighted by molar-refractivity contribution is 6.31. The minimum atomic E-state index is -4.41. The lowest BCUT2D eigenvalue weighted by atomic mass is 9.96. The van der Waals surface area contributed by atoms with Gasteiger partial charge in [0.15, 0.2) is 0 Å². The Balaban J connectivity index is 0.00000288. The van der Waals surface area contributed by atoms with Gasteiger partial charge in [-0.3, -0.25) is 4.90 Å². The molecule has 1 aromatic carbocycles. The maximum absolute atomic E-state index is 13.1. The van der Waals surface area contributed by atoms with Gasteiger partial charge < -0.3 is 5.32 Å². The summed E-state index contributed by atoms with van der Waals surface area (Å²) in [4.78, 5) is 2.29. The van der Waals surface area contributed by atoms with Crippen LogP contribution >= 0.6 is 36.4 Å². The lowest BCUT2D eigenvalue weighted by Gasteiger charge is -2.35. The highest BCUT2D eigenvalue weighted by Gasteiger charge is 2.34. The van der Waals surface area contributed by atoms with E-state index in [0.29, 0.717) is 0 Å². The number of hydrogen-bond acceptors (Lipinski definition) is 2. The predicted octanol–water partition coefficient (Wildman–Crippen LogP) is 5.73. The molecule has 2 rings (SSSR count). The Bertz CT molecular complexity index is 506. The summed E-state index contributed by atoms with van der Waals surface area (Å²) in [6, 6.07) is 4.40. The van der Waals surface area contributed by atoms with Crippen LogP contribution in [0.5, 0.6) is 0 Å². The van der Waals surface area contributed by atoms with E-state index in [4.69, 9.17) is 11.6 Å². The van der Waals surface area contributed by atoms with Crippen LogP contribution in [-0.4, -0.2) is 31.1 Å². The average molecular weight is 422 g/mol. The van der Waals surface area contributed by atoms with Crippen molar-refractivity contribution in [1.82, 2.24) is 10.2 Å². The lowest BCUT2D eigenvalue weighted by molar-refractivity contribution is -0.137. The summed E-state index contributed by atoms with van der Waals surface area (Å²) in [6.45, 7) is 5.61. The first-order chi connectivity index (χ1) is 10.9. The van der Waals surface area contributed by atoms with Crippen LogP contribution in [0.2, 0.25) is 5.02 Å². The van der Waals surface area contributed by atoms with Gasteiger partial charge in [0.2, 0.25) is 0 Å². The summed E-state index contributed by atoms with van der Waals surface area (Å²) in [5.41, 5.74) is -0.00739. The van der Waals surface area contributed by atoms with Crippen LogP contribution in [0.15, 0.2) is 18.2 Å². The maximum atomic E-state index is 13.1. The normalized spacial score (nSPS) is 16.7. The molecule has 0 amide bonds. The molecule has 146 valence electrons. The molecule has 1 atom stereocenters. The van der Waals surface area contributed by atoms with Crippen molar-refractivity contribution >= 4 is 36.4 Å². The third-order valence-corrected chi connectivity index (χ3v) is 4.68. The van der Waals surface area contributed by atoms with Crippen LogP contribution in [0.25, 0.3) is 0 Å². The van der Waals surface area contributed by atoms with E-state index in [1.165, 1.54) is 12.1 Å². The molecule has 0 radical (unpaired) electrons. The fourth-order valence-corrected chi connectivity index (χ4v) is 3.33. The fraction of sp³-hybridized carbons (Fsp3) is 0.647. The number of alkyl halides is 3. The minimum Gasteiger partial charge on any atom is -0.314 e. The Kier molecular flexibility index (Phi) is 11.4. The van der Waals surface area contributed by atoms with E-state index >= 15 is 0 Å². The Hall–Kier alpha value is -0.200. The zero-order chi connectivity index (χ0) is 16.9. The van der Waals surface area contributed by atoms with Gasteiger partial charge in [0.05, 0.1) is 10.6 Å². The first-order valence-corrected chi connectivity index (χ1v) is 8.62. The number of benzene rings is 1. The van der Waals surface area contributed by atoms with Crippen molar-refractivity contribution in [2.75, 3.05) is 26.2 Å². The molecule has 0 bridgehead atoms. The third-order valence-electron chi connectivity index (χ3n) is 4.35. The second kappa shape index (κ2) is 11.5. The maximum Gasteiger partial charge on any atom is 0.417 e. The molecule has 0 aromatic heterocycles. The molecule has 0 unspecified atom stereocenters. The number of rotatable bonds is 6. The second-order valence-electron chi connectivity index (χ2n) is 6.03. The van der Waals surface area contributed by atoms with Crippen LogP contribution in [0.3, 0.4) is 0 Å². The molecule has 1 fully saturated rings. The van der Waals surface area contributed by atoms with Crippen molar-refractivity contribution in [1.29, 1.82) is 0 Å². The van der Waals surface area contributed by atoms with Gasteiger partial charge in [0, 0.05) is 32.2 Å². The average Bonchev–Trinajstić information content (AvgIpc) is 2.52. The van der Waals surface area contributed by atoms with Crippen LogP contribution in [0, 0.1) is 0 Å². The van der Waals surface area contributed by atoms with Gasteiger partial charge >= 0.3 is 6.18 Å². The smallest absolute Gasteiger partial charge is 0.314 e. The van der Waals surface area contributed by atoms with Gasteiger partial charge in [-0.2, -0.15) is 13.2 Å². The molecule has 1 saturated heterocycles. The fourth-order valence-electron chi connectivity index (χ4n) is 3.11. The van der Waals surface area contributed by atoms with Crippen molar-refractivity contribution < 1.29 is 13.2 Å². The molecule has 0 spiro atoms. The van der Waals surface area contributed by atoms with E-state index in [1.54, 1.807) is 6.07 Å². The Morgan fingerprint density at radius 3 is 2.36 bits per heavy atom. The monoisotopic (exact) mass is 420 g/mol. The third kappa shape index (κ3) is 7.14. The minimum absolute atomic E-state index is 0. The van der Waals surface area contributed by atoms with E-state index in [2.05, 4.69) is 17.1 Å². The highest BCUT2D eigenvalue weighted by Crippen LogP contribution is 2.38. The van der Waals surface area contributed by atoms with Gasteiger partial charge in [-0.25, -0.2) is 0 Å². The standard InChI is InChI=1S/C17H24ClF3N2.2ClH/c1-2-3-4-5-16(23-10-8-22-9-11-23)13-6-7-15(18)14(12-13)17(19,20)21;;/h6-7,12,16,22H,2-5,8-11H2,1H3;2*1H/t16-;;/m1../s1. The van der Waals surface area contributed by atoms with Crippen molar-refractivity contribution in [3.63, 3.8) is 0 Å². The predicted molar refractivity (Wildman–Crippen MR) is 102 cm³/mol. The van der Waals surface area contributed by atoms with Crippen molar-refractivity contribution in [2.45, 2.75) is 44.8 Å². The summed E-state index contributed by atoms with van der Waals surface area (Å²) in [5.74, 6) is 0. The van der Waals surface area contributed by atoms with Gasteiger partial charge in [-0.05, 0) is 24.1 Å². The molecule has 8 heteroatoms. The molecule has 0 aliphatic carbocycles. The summed E-state index contributed by atoms with van der Waals surface area (Å²) in [5, 5.41) is 3.06. The molecule has 1 aromatic rings. The van der Waals surface area contributed by atoms with E-state index in [0.717, 1.165) is 57.4 Å². The molecule has 1 aliphatic heterocycles. The highest BCUT2D eigenvalue weighted by atomic mass is 35.5. The summed E-state index contributed by atoms with van der Waals surface area (Å²) >= 11 is 5.75. The van der Waals surface area contributed by atoms with Crippen molar-refractivity contribution in [2.24, 2.45) is 0 Å². The van der Waals surface area contributed by atoms with Gasteiger partial charge in [0.25, 0.3) is 0 Å². The van der Waals surface area contributed by atoms with Crippen LogP contribution in [-0.2, 0) is 6.18 Å². The molecule has 1 heterocycles. The summed E-state index contributed by atoms with van der Waals surface area (Å²) < 4.78 is 39.4. The first kappa shape index (κ1) is 24.8. The largest absolute Gasteiger partial charge is 0.417 e. The number of nitrogens with zero attached hydrogens (tertiary/aromatic N) is 1. The molecule has 25 heavy (non-hydrogen) atoms. The number of nitrogens with one attached hydrogen (secondary N) is 1. The van der Waals surface area contributed by atoms with Crippen molar-refractivity contribution in [3.8, 4) is 0 Å². The van der Waals surface area contributed by atoms with E-state index in [-0.39, 0.29) is 35.9 Å². The van der Waals surface area contributed by atoms with Gasteiger partial charge in [-0.15, -0.1) is 24.8 Å². The van der Waals surface area contributed by atoms with E-state index in [1.807, 2.05) is 0 Å². The van der Waals surface area contributed by atoms with Crippen LogP contribution in [0.1, 0.15) is 49.8 Å². The van der Waals surface area contributed by atoms with Crippen LogP contribution < -0.4 is 5.32 Å². The lowest BCUT2D eigenvalue weighted by Crippen LogP contribution is -2.45. The number of piperazine rings is 1. The van der Waals surface area contributed by atoms with Crippen molar-refractivity contribution in [3.05, 3.63) is 34.3 Å². The van der Waals surface area contributed by atoms with E-state index in [9.17, 15) is 13.2 Å². The van der Waals surface area contributed by atoms with Crippen LogP contribution in [0.4, 0.5) is 13.2 Å². The molecular formula is C17H26Cl3F3N2. The van der Waals surface area contributed by atoms with E-state index < -0.39 is 11.7 Å². The zero-order valence-corrected chi connectivity index (χ0v) is 16.6. The number of unbranched alkanes of at least 4 members (excludes halogenated alkanes) is 2. The molecule has 0 saturated carbocycles. The SMILES string of the molecule is CCCCC[C@H](c1ccc(Cl)c(C(F)(F)F)c1)N1CCNCC1.Cl.Cl. The Labute approximate surface area is 165 Å². The quantitative estimate of drug-likeness (QED) is 0.590.